The highest BCUT2D eigenvalue weighted by Crippen LogP contribution is 2.44. The van der Waals surface area contributed by atoms with Crippen LogP contribution in [0.2, 0.25) is 0 Å². The second kappa shape index (κ2) is 6.43. The smallest absolute Gasteiger partial charge is 0.291 e. The van der Waals surface area contributed by atoms with Gasteiger partial charge in [-0.2, -0.15) is 0 Å². The van der Waals surface area contributed by atoms with Crippen LogP contribution in [0.3, 0.4) is 0 Å². The van der Waals surface area contributed by atoms with Crippen molar-refractivity contribution in [3.63, 3.8) is 0 Å². The molecule has 1 saturated carbocycles. The van der Waals surface area contributed by atoms with Crippen LogP contribution in [0.5, 0.6) is 0 Å². The topological polar surface area (TPSA) is 57.7 Å². The van der Waals surface area contributed by atoms with Crippen LogP contribution in [-0.4, -0.2) is 46.0 Å². The molecule has 1 aromatic carbocycles. The number of carbonyl (C=O) groups excluding carboxylic acids is 3. The summed E-state index contributed by atoms with van der Waals surface area (Å²) in [6.45, 7) is 5.46. The highest BCUT2D eigenvalue weighted by Gasteiger charge is 2.57. The third-order valence-electron chi connectivity index (χ3n) is 6.46. The predicted octanol–water partition coefficient (Wildman–Crippen LogP) is 2.39. The van der Waals surface area contributed by atoms with Crippen molar-refractivity contribution in [1.82, 2.24) is 9.80 Å². The maximum atomic E-state index is 13.1. The monoisotopic (exact) mass is 372 g/mol. The van der Waals surface area contributed by atoms with Gasteiger partial charge in [0.25, 0.3) is 5.91 Å². The van der Waals surface area contributed by atoms with Crippen LogP contribution in [0.4, 0.5) is 4.39 Å². The zero-order chi connectivity index (χ0) is 19.3. The average Bonchev–Trinajstić information content (AvgIpc) is 3.45. The highest BCUT2D eigenvalue weighted by atomic mass is 19.1. The Bertz CT molecular complexity index is 785. The molecule has 0 bridgehead atoms. The van der Waals surface area contributed by atoms with Crippen molar-refractivity contribution in [1.29, 1.82) is 0 Å². The molecule has 0 N–H and O–H groups in total. The summed E-state index contributed by atoms with van der Waals surface area (Å²) in [5.41, 5.74) is 0.308. The van der Waals surface area contributed by atoms with Gasteiger partial charge in [0, 0.05) is 31.1 Å². The number of fused-ring (bicyclic) bond motifs is 1. The van der Waals surface area contributed by atoms with E-state index >= 15 is 0 Å². The minimum absolute atomic E-state index is 0.154. The summed E-state index contributed by atoms with van der Waals surface area (Å²) in [4.78, 5) is 42.0. The zero-order valence-electron chi connectivity index (χ0n) is 15.8. The molecule has 3 fully saturated rings. The molecule has 0 spiro atoms. The molecular formula is C21H25FN2O3. The maximum absolute atomic E-state index is 13.1. The lowest BCUT2D eigenvalue weighted by molar-refractivity contribution is -0.171. The van der Waals surface area contributed by atoms with E-state index < -0.39 is 23.1 Å². The Morgan fingerprint density at radius 1 is 1.07 bits per heavy atom. The number of amides is 2. The number of carbonyl (C=O) groups is 3. The molecule has 2 heterocycles. The van der Waals surface area contributed by atoms with E-state index in [0.29, 0.717) is 32.0 Å². The third-order valence-corrected chi connectivity index (χ3v) is 6.46. The SMILES string of the molecule is CC1(C)C2CCN(Cc3ccc(F)cc3)C(=O)C2C(=O)C(=O)N1CC1CC1. The molecule has 0 aromatic heterocycles. The number of rotatable bonds is 4. The number of hydrogen-bond donors (Lipinski definition) is 0. The quantitative estimate of drug-likeness (QED) is 0.602. The van der Waals surface area contributed by atoms with Gasteiger partial charge in [0.15, 0.2) is 0 Å². The molecular weight excluding hydrogens is 347 g/mol. The van der Waals surface area contributed by atoms with E-state index in [1.807, 2.05) is 13.8 Å². The van der Waals surface area contributed by atoms with Gasteiger partial charge in [-0.3, -0.25) is 14.4 Å². The largest absolute Gasteiger partial charge is 0.338 e. The number of Topliss-reactive ketones (excluding diaryl/α,β-unsaturated/α-hetero) is 1. The van der Waals surface area contributed by atoms with Crippen LogP contribution in [0.15, 0.2) is 24.3 Å². The number of benzene rings is 1. The van der Waals surface area contributed by atoms with E-state index in [0.717, 1.165) is 18.4 Å². The Hall–Kier alpha value is -2.24. The Labute approximate surface area is 158 Å². The molecule has 4 rings (SSSR count). The summed E-state index contributed by atoms with van der Waals surface area (Å²) in [5.74, 6) is -2.22. The lowest BCUT2D eigenvalue weighted by Crippen LogP contribution is -2.68. The molecule has 5 nitrogen and oxygen atoms in total. The van der Waals surface area contributed by atoms with Gasteiger partial charge >= 0.3 is 0 Å². The van der Waals surface area contributed by atoms with Gasteiger partial charge in [0.2, 0.25) is 11.7 Å². The fourth-order valence-electron chi connectivity index (χ4n) is 4.57. The van der Waals surface area contributed by atoms with Gasteiger partial charge in [0.1, 0.15) is 11.7 Å². The van der Waals surface area contributed by atoms with Gasteiger partial charge in [-0.15, -0.1) is 0 Å². The first-order chi connectivity index (χ1) is 12.8. The van der Waals surface area contributed by atoms with Crippen LogP contribution in [0.25, 0.3) is 0 Å². The summed E-state index contributed by atoms with van der Waals surface area (Å²) in [6, 6.07) is 6.01. The summed E-state index contributed by atoms with van der Waals surface area (Å²) in [7, 11) is 0. The molecule has 2 atom stereocenters. The number of nitrogens with zero attached hydrogens (tertiary/aromatic N) is 2. The van der Waals surface area contributed by atoms with Crippen LogP contribution in [0, 0.1) is 23.6 Å². The Kier molecular flexibility index (Phi) is 4.32. The standard InChI is InChI=1S/C21H25FN2O3/c1-21(2)16-9-10-23(11-13-5-7-15(22)8-6-13)19(26)17(16)18(25)20(27)24(21)12-14-3-4-14/h5-8,14,16-17H,3-4,9-12H2,1-2H3. The van der Waals surface area contributed by atoms with E-state index in [1.54, 1.807) is 21.9 Å². The molecule has 2 amide bonds. The molecule has 2 unspecified atom stereocenters. The second-order valence-electron chi connectivity index (χ2n) is 8.64. The molecule has 6 heteroatoms. The number of piperidine rings is 2. The lowest BCUT2D eigenvalue weighted by atomic mass is 9.67. The van der Waals surface area contributed by atoms with Gasteiger partial charge in [-0.05, 0) is 56.7 Å². The van der Waals surface area contributed by atoms with Crippen molar-refractivity contribution in [2.75, 3.05) is 13.1 Å². The fourth-order valence-corrected chi connectivity index (χ4v) is 4.57. The second-order valence-corrected chi connectivity index (χ2v) is 8.64. The first-order valence-corrected chi connectivity index (χ1v) is 9.68. The van der Waals surface area contributed by atoms with Crippen molar-refractivity contribution in [2.45, 2.75) is 45.2 Å². The summed E-state index contributed by atoms with van der Waals surface area (Å²) >= 11 is 0. The minimum atomic E-state index is -0.892. The first-order valence-electron chi connectivity index (χ1n) is 9.68. The molecule has 3 aliphatic rings. The van der Waals surface area contributed by atoms with Crippen molar-refractivity contribution in [2.24, 2.45) is 17.8 Å². The van der Waals surface area contributed by atoms with Gasteiger partial charge in [-0.25, -0.2) is 4.39 Å². The summed E-state index contributed by atoms with van der Waals surface area (Å²) in [6.07, 6.45) is 2.89. The van der Waals surface area contributed by atoms with Crippen molar-refractivity contribution >= 4 is 17.6 Å². The fraction of sp³-hybridized carbons (Fsp3) is 0.571. The number of halogens is 1. The van der Waals surface area contributed by atoms with Crippen LogP contribution < -0.4 is 0 Å². The molecule has 144 valence electrons. The molecule has 1 aliphatic carbocycles. The average molecular weight is 372 g/mol. The highest BCUT2D eigenvalue weighted by molar-refractivity contribution is 6.41. The van der Waals surface area contributed by atoms with Crippen LogP contribution in [-0.2, 0) is 20.9 Å². The minimum Gasteiger partial charge on any atom is -0.338 e. The summed E-state index contributed by atoms with van der Waals surface area (Å²) in [5, 5.41) is 0. The normalized spacial score (nSPS) is 27.7. The predicted molar refractivity (Wildman–Crippen MR) is 96.9 cm³/mol. The molecule has 2 aliphatic heterocycles. The van der Waals surface area contributed by atoms with E-state index in [9.17, 15) is 18.8 Å². The van der Waals surface area contributed by atoms with Gasteiger partial charge in [0.05, 0.1) is 0 Å². The van der Waals surface area contributed by atoms with Crippen LogP contribution in [0.1, 0.15) is 38.7 Å². The van der Waals surface area contributed by atoms with E-state index in [2.05, 4.69) is 0 Å². The maximum Gasteiger partial charge on any atom is 0.291 e. The number of likely N-dealkylation sites (tertiary alicyclic amines) is 2. The molecule has 2 saturated heterocycles. The summed E-state index contributed by atoms with van der Waals surface area (Å²) < 4.78 is 13.1. The van der Waals surface area contributed by atoms with Gasteiger partial charge in [-0.1, -0.05) is 12.1 Å². The number of hydrogen-bond acceptors (Lipinski definition) is 3. The van der Waals surface area contributed by atoms with E-state index in [4.69, 9.17) is 0 Å². The lowest BCUT2D eigenvalue weighted by Gasteiger charge is -2.53. The Morgan fingerprint density at radius 2 is 1.74 bits per heavy atom. The van der Waals surface area contributed by atoms with E-state index in [1.165, 1.54) is 12.1 Å². The van der Waals surface area contributed by atoms with Crippen molar-refractivity contribution in [3.05, 3.63) is 35.6 Å². The van der Waals surface area contributed by atoms with Crippen molar-refractivity contribution in [3.8, 4) is 0 Å². The zero-order valence-corrected chi connectivity index (χ0v) is 15.8. The molecule has 0 radical (unpaired) electrons. The molecule has 1 aromatic rings. The number of ketones is 1. The Balaban J connectivity index is 1.55. The molecule has 27 heavy (non-hydrogen) atoms. The van der Waals surface area contributed by atoms with Crippen molar-refractivity contribution < 1.29 is 18.8 Å². The van der Waals surface area contributed by atoms with Gasteiger partial charge < -0.3 is 9.80 Å². The first kappa shape index (κ1) is 18.1. The third kappa shape index (κ3) is 3.15. The Morgan fingerprint density at radius 3 is 2.37 bits per heavy atom. The van der Waals surface area contributed by atoms with E-state index in [-0.39, 0.29) is 17.6 Å². The van der Waals surface area contributed by atoms with Crippen LogP contribution >= 0.6 is 0 Å².